The highest BCUT2D eigenvalue weighted by Gasteiger charge is 2.23. The van der Waals surface area contributed by atoms with Gasteiger partial charge in [-0.3, -0.25) is 0 Å². The zero-order chi connectivity index (χ0) is 7.56. The van der Waals surface area contributed by atoms with Crippen LogP contribution in [0.2, 0.25) is 0 Å². The van der Waals surface area contributed by atoms with Crippen LogP contribution in [0.4, 0.5) is 0 Å². The quantitative estimate of drug-likeness (QED) is 0.614. The summed E-state index contributed by atoms with van der Waals surface area (Å²) in [5.74, 6) is 0.750. The van der Waals surface area contributed by atoms with Gasteiger partial charge >= 0.3 is 0 Å². The van der Waals surface area contributed by atoms with E-state index in [-0.39, 0.29) is 0 Å². The van der Waals surface area contributed by atoms with Crippen LogP contribution in [0.5, 0.6) is 0 Å². The van der Waals surface area contributed by atoms with E-state index in [0.29, 0.717) is 6.04 Å². The van der Waals surface area contributed by atoms with Crippen molar-refractivity contribution in [3.8, 4) is 0 Å². The van der Waals surface area contributed by atoms with E-state index >= 15 is 0 Å². The van der Waals surface area contributed by atoms with Gasteiger partial charge in [0.25, 0.3) is 0 Å². The molecule has 0 aromatic heterocycles. The van der Waals surface area contributed by atoms with E-state index in [1.807, 2.05) is 0 Å². The third-order valence-electron chi connectivity index (χ3n) is 2.50. The highest BCUT2D eigenvalue weighted by atomic mass is 15.1. The van der Waals surface area contributed by atoms with Crippen LogP contribution in [-0.4, -0.2) is 30.6 Å². The number of hydrogen-bond donors (Lipinski definition) is 1. The van der Waals surface area contributed by atoms with Crippen molar-refractivity contribution in [2.45, 2.75) is 26.3 Å². The molecule has 2 heteroatoms. The molecule has 0 radical (unpaired) electrons. The molecule has 1 rings (SSSR count). The van der Waals surface area contributed by atoms with Crippen molar-refractivity contribution in [2.75, 3.05) is 19.6 Å². The van der Waals surface area contributed by atoms with Crippen LogP contribution in [0, 0.1) is 5.92 Å². The molecule has 1 aliphatic heterocycles. The van der Waals surface area contributed by atoms with Crippen LogP contribution >= 0.6 is 0 Å². The Morgan fingerprint density at radius 3 is 2.70 bits per heavy atom. The Bertz CT molecular complexity index is 101. The largest absolute Gasteiger partial charge is 0.328 e. The van der Waals surface area contributed by atoms with Gasteiger partial charge < -0.3 is 10.6 Å². The molecule has 1 saturated heterocycles. The van der Waals surface area contributed by atoms with Crippen molar-refractivity contribution >= 4 is 0 Å². The lowest BCUT2D eigenvalue weighted by Gasteiger charge is -2.15. The van der Waals surface area contributed by atoms with Crippen molar-refractivity contribution in [2.24, 2.45) is 11.7 Å². The molecule has 2 nitrogen and oxygen atoms in total. The van der Waals surface area contributed by atoms with E-state index < -0.39 is 0 Å². The normalized spacial score (nSPS) is 30.9. The van der Waals surface area contributed by atoms with Crippen molar-refractivity contribution in [3.05, 3.63) is 0 Å². The first-order chi connectivity index (χ1) is 4.74. The number of nitrogens with two attached hydrogens (primary N) is 1. The van der Waals surface area contributed by atoms with Crippen LogP contribution in [0.25, 0.3) is 0 Å². The summed E-state index contributed by atoms with van der Waals surface area (Å²) >= 11 is 0. The molecule has 0 aromatic rings. The zero-order valence-electron chi connectivity index (χ0n) is 7.01. The molecule has 1 heterocycles. The van der Waals surface area contributed by atoms with Crippen LogP contribution in [0.15, 0.2) is 0 Å². The molecule has 1 fully saturated rings. The minimum Gasteiger partial charge on any atom is -0.328 e. The van der Waals surface area contributed by atoms with Gasteiger partial charge in [-0.05, 0) is 32.4 Å². The lowest BCUT2D eigenvalue weighted by atomic mass is 10.0. The van der Waals surface area contributed by atoms with E-state index in [1.165, 1.54) is 26.1 Å². The second-order valence-corrected chi connectivity index (χ2v) is 3.30. The molecule has 0 aliphatic carbocycles. The standard InChI is InChI=1S/C8H18N2/c1-3-10-5-4-8(6-10)7(2)9/h7-8H,3-6,9H2,1-2H3/t7-,8+/m1/s1. The number of hydrogen-bond acceptors (Lipinski definition) is 2. The Labute approximate surface area is 63.4 Å². The van der Waals surface area contributed by atoms with Gasteiger partial charge in [0.2, 0.25) is 0 Å². The van der Waals surface area contributed by atoms with Crippen molar-refractivity contribution in [3.63, 3.8) is 0 Å². The second-order valence-electron chi connectivity index (χ2n) is 3.30. The third kappa shape index (κ3) is 1.70. The minimum atomic E-state index is 0.386. The fourth-order valence-electron chi connectivity index (χ4n) is 1.58. The monoisotopic (exact) mass is 142 g/mol. The molecule has 0 amide bonds. The molecule has 1 aliphatic rings. The highest BCUT2D eigenvalue weighted by Crippen LogP contribution is 2.17. The van der Waals surface area contributed by atoms with Gasteiger partial charge in [-0.1, -0.05) is 6.92 Å². The van der Waals surface area contributed by atoms with Gasteiger partial charge in [-0.2, -0.15) is 0 Å². The molecular formula is C8H18N2. The average Bonchev–Trinajstić information content (AvgIpc) is 2.34. The molecule has 2 atom stereocenters. The zero-order valence-corrected chi connectivity index (χ0v) is 7.01. The van der Waals surface area contributed by atoms with Crippen molar-refractivity contribution < 1.29 is 0 Å². The molecule has 0 bridgehead atoms. The molecular weight excluding hydrogens is 124 g/mol. The molecule has 0 aromatic carbocycles. The van der Waals surface area contributed by atoms with Crippen LogP contribution in [-0.2, 0) is 0 Å². The summed E-state index contributed by atoms with van der Waals surface area (Å²) in [6.45, 7) is 7.98. The maximum Gasteiger partial charge on any atom is 0.00514 e. The van der Waals surface area contributed by atoms with E-state index in [0.717, 1.165) is 5.92 Å². The Morgan fingerprint density at radius 2 is 2.40 bits per heavy atom. The van der Waals surface area contributed by atoms with E-state index in [1.54, 1.807) is 0 Å². The number of nitrogens with zero attached hydrogens (tertiary/aromatic N) is 1. The van der Waals surface area contributed by atoms with Gasteiger partial charge in [0.05, 0.1) is 0 Å². The first kappa shape index (κ1) is 8.02. The summed E-state index contributed by atoms with van der Waals surface area (Å²) in [5, 5.41) is 0. The first-order valence-corrected chi connectivity index (χ1v) is 4.22. The fourth-order valence-corrected chi connectivity index (χ4v) is 1.58. The predicted molar refractivity (Wildman–Crippen MR) is 43.9 cm³/mol. The third-order valence-corrected chi connectivity index (χ3v) is 2.50. The first-order valence-electron chi connectivity index (χ1n) is 4.22. The van der Waals surface area contributed by atoms with Crippen LogP contribution in [0.3, 0.4) is 0 Å². The maximum atomic E-state index is 5.79. The topological polar surface area (TPSA) is 29.3 Å². The van der Waals surface area contributed by atoms with Gasteiger partial charge in [-0.15, -0.1) is 0 Å². The molecule has 0 unspecified atom stereocenters. The smallest absolute Gasteiger partial charge is 0.00514 e. The summed E-state index contributed by atoms with van der Waals surface area (Å²) in [5.41, 5.74) is 5.79. The molecule has 60 valence electrons. The molecule has 0 spiro atoms. The van der Waals surface area contributed by atoms with Crippen LogP contribution < -0.4 is 5.73 Å². The Hall–Kier alpha value is -0.0800. The second kappa shape index (κ2) is 3.35. The summed E-state index contributed by atoms with van der Waals surface area (Å²) in [6.07, 6.45) is 1.30. The summed E-state index contributed by atoms with van der Waals surface area (Å²) < 4.78 is 0. The minimum absolute atomic E-state index is 0.386. The maximum absolute atomic E-state index is 5.79. The highest BCUT2D eigenvalue weighted by molar-refractivity contribution is 4.79. The van der Waals surface area contributed by atoms with Gasteiger partial charge in [0.15, 0.2) is 0 Å². The molecule has 0 saturated carbocycles. The summed E-state index contributed by atoms with van der Waals surface area (Å²) in [7, 11) is 0. The number of likely N-dealkylation sites (tertiary alicyclic amines) is 1. The van der Waals surface area contributed by atoms with E-state index in [9.17, 15) is 0 Å². The summed E-state index contributed by atoms with van der Waals surface area (Å²) in [6, 6.07) is 0.386. The Morgan fingerprint density at radius 1 is 1.70 bits per heavy atom. The average molecular weight is 142 g/mol. The van der Waals surface area contributed by atoms with Crippen LogP contribution in [0.1, 0.15) is 20.3 Å². The van der Waals surface area contributed by atoms with Gasteiger partial charge in [-0.25, -0.2) is 0 Å². The fraction of sp³-hybridized carbons (Fsp3) is 1.00. The van der Waals surface area contributed by atoms with E-state index in [4.69, 9.17) is 5.73 Å². The van der Waals surface area contributed by atoms with E-state index in [2.05, 4.69) is 18.7 Å². The lowest BCUT2D eigenvalue weighted by molar-refractivity contribution is 0.332. The summed E-state index contributed by atoms with van der Waals surface area (Å²) in [4.78, 5) is 2.47. The van der Waals surface area contributed by atoms with Crippen molar-refractivity contribution in [1.82, 2.24) is 4.90 Å². The number of rotatable bonds is 2. The predicted octanol–water partition coefficient (Wildman–Crippen LogP) is 0.675. The molecule has 2 N–H and O–H groups in total. The van der Waals surface area contributed by atoms with Crippen molar-refractivity contribution in [1.29, 1.82) is 0 Å². The lowest BCUT2D eigenvalue weighted by Crippen LogP contribution is -2.29. The van der Waals surface area contributed by atoms with Gasteiger partial charge in [0.1, 0.15) is 0 Å². The SMILES string of the molecule is CCN1CC[C@H]([C@@H](C)N)C1. The Kier molecular flexibility index (Phi) is 2.69. The molecule has 10 heavy (non-hydrogen) atoms. The Balaban J connectivity index is 2.28. The van der Waals surface area contributed by atoms with Gasteiger partial charge in [0, 0.05) is 12.6 Å².